The summed E-state index contributed by atoms with van der Waals surface area (Å²) in [6, 6.07) is 4.83. The Balaban J connectivity index is 2.69. The zero-order chi connectivity index (χ0) is 12.4. The van der Waals surface area contributed by atoms with Crippen LogP contribution in [0.1, 0.15) is 6.42 Å². The van der Waals surface area contributed by atoms with Gasteiger partial charge in [0.15, 0.2) is 0 Å². The lowest BCUT2D eigenvalue weighted by Gasteiger charge is -2.05. The fourth-order valence-electron chi connectivity index (χ4n) is 1.65. The third kappa shape index (κ3) is 2.40. The molecule has 2 aromatic rings. The summed E-state index contributed by atoms with van der Waals surface area (Å²) in [6.45, 7) is 0.361. The standard InChI is InChI=1S/C11H11ClN2O2S/c12-7-2-3-9-8(6-7)10(15)14(4-1-5-17)11(16)13-9/h2-3,6,17H,1,4-5H2,(H,13,16). The van der Waals surface area contributed by atoms with Crippen LogP contribution in [0.25, 0.3) is 10.9 Å². The molecule has 1 heterocycles. The molecule has 17 heavy (non-hydrogen) atoms. The summed E-state index contributed by atoms with van der Waals surface area (Å²) >= 11 is 9.90. The number of H-pyrrole nitrogens is 1. The van der Waals surface area contributed by atoms with Crippen molar-refractivity contribution in [1.82, 2.24) is 9.55 Å². The topological polar surface area (TPSA) is 54.9 Å². The second-order valence-electron chi connectivity index (χ2n) is 3.65. The van der Waals surface area contributed by atoms with Crippen LogP contribution in [-0.4, -0.2) is 15.3 Å². The molecule has 0 aliphatic heterocycles. The highest BCUT2D eigenvalue weighted by molar-refractivity contribution is 7.80. The molecular formula is C11H11ClN2O2S. The number of nitrogens with zero attached hydrogens (tertiary/aromatic N) is 1. The quantitative estimate of drug-likeness (QED) is 0.834. The van der Waals surface area contributed by atoms with Gasteiger partial charge >= 0.3 is 5.69 Å². The van der Waals surface area contributed by atoms with Crippen LogP contribution < -0.4 is 11.2 Å². The van der Waals surface area contributed by atoms with Gasteiger partial charge < -0.3 is 4.98 Å². The van der Waals surface area contributed by atoms with E-state index in [9.17, 15) is 9.59 Å². The molecule has 0 amide bonds. The summed E-state index contributed by atoms with van der Waals surface area (Å²) in [5, 5.41) is 0.902. The zero-order valence-corrected chi connectivity index (χ0v) is 10.6. The Morgan fingerprint density at radius 2 is 2.12 bits per heavy atom. The molecule has 6 heteroatoms. The van der Waals surface area contributed by atoms with Crippen LogP contribution in [0.2, 0.25) is 5.02 Å². The summed E-state index contributed by atoms with van der Waals surface area (Å²) in [5.74, 6) is 0.624. The molecule has 0 spiro atoms. The van der Waals surface area contributed by atoms with E-state index in [1.54, 1.807) is 18.2 Å². The van der Waals surface area contributed by atoms with Crippen LogP contribution in [-0.2, 0) is 6.54 Å². The monoisotopic (exact) mass is 270 g/mol. The van der Waals surface area contributed by atoms with Crippen LogP contribution in [0, 0.1) is 0 Å². The van der Waals surface area contributed by atoms with E-state index in [0.717, 1.165) is 0 Å². The van der Waals surface area contributed by atoms with Crippen molar-refractivity contribution >= 4 is 35.1 Å². The van der Waals surface area contributed by atoms with Gasteiger partial charge in [-0.2, -0.15) is 12.6 Å². The van der Waals surface area contributed by atoms with Crippen LogP contribution >= 0.6 is 24.2 Å². The largest absolute Gasteiger partial charge is 0.328 e. The van der Waals surface area contributed by atoms with E-state index in [-0.39, 0.29) is 5.56 Å². The maximum absolute atomic E-state index is 12.1. The van der Waals surface area contributed by atoms with E-state index in [1.807, 2.05) is 0 Å². The van der Waals surface area contributed by atoms with Crippen LogP contribution in [0.15, 0.2) is 27.8 Å². The highest BCUT2D eigenvalue weighted by Gasteiger charge is 2.07. The van der Waals surface area contributed by atoms with Crippen molar-refractivity contribution in [3.8, 4) is 0 Å². The molecular weight excluding hydrogens is 260 g/mol. The number of rotatable bonds is 3. The molecule has 0 fully saturated rings. The Bertz CT molecular complexity index is 663. The van der Waals surface area contributed by atoms with Crippen molar-refractivity contribution in [3.63, 3.8) is 0 Å². The predicted molar refractivity (Wildman–Crippen MR) is 72.3 cm³/mol. The number of benzene rings is 1. The number of hydrogen-bond donors (Lipinski definition) is 2. The van der Waals surface area contributed by atoms with Crippen molar-refractivity contribution in [1.29, 1.82) is 0 Å². The van der Waals surface area contributed by atoms with Crippen molar-refractivity contribution in [2.24, 2.45) is 0 Å². The van der Waals surface area contributed by atoms with Crippen LogP contribution in [0.5, 0.6) is 0 Å². The average molecular weight is 271 g/mol. The van der Waals surface area contributed by atoms with Crippen molar-refractivity contribution < 1.29 is 0 Å². The number of nitrogens with one attached hydrogen (secondary N) is 1. The Kier molecular flexibility index (Phi) is 3.59. The molecule has 1 N–H and O–H groups in total. The number of aromatic amines is 1. The summed E-state index contributed by atoms with van der Waals surface area (Å²) in [5.41, 5.74) is -0.203. The summed E-state index contributed by atoms with van der Waals surface area (Å²) in [7, 11) is 0. The fourth-order valence-corrected chi connectivity index (χ4v) is 1.97. The molecule has 0 radical (unpaired) electrons. The van der Waals surface area contributed by atoms with E-state index in [2.05, 4.69) is 17.6 Å². The maximum atomic E-state index is 12.1. The minimum absolute atomic E-state index is 0.312. The second-order valence-corrected chi connectivity index (χ2v) is 4.54. The Morgan fingerprint density at radius 1 is 1.35 bits per heavy atom. The first-order valence-corrected chi connectivity index (χ1v) is 6.18. The second kappa shape index (κ2) is 4.98. The number of fused-ring (bicyclic) bond motifs is 1. The molecule has 0 unspecified atom stereocenters. The van der Waals surface area contributed by atoms with Crippen molar-refractivity contribution in [2.75, 3.05) is 5.75 Å². The smallest absolute Gasteiger partial charge is 0.307 e. The molecule has 90 valence electrons. The number of thiol groups is 1. The molecule has 0 saturated heterocycles. The molecule has 1 aromatic carbocycles. The molecule has 0 saturated carbocycles. The van der Waals surface area contributed by atoms with Gasteiger partial charge in [0.2, 0.25) is 0 Å². The van der Waals surface area contributed by atoms with E-state index >= 15 is 0 Å². The van der Waals surface area contributed by atoms with Gasteiger partial charge in [0.1, 0.15) is 0 Å². The van der Waals surface area contributed by atoms with Crippen LogP contribution in [0.4, 0.5) is 0 Å². The van der Waals surface area contributed by atoms with Gasteiger partial charge in [0.25, 0.3) is 5.56 Å². The Hall–Kier alpha value is -1.20. The number of hydrogen-bond acceptors (Lipinski definition) is 3. The van der Waals surface area contributed by atoms with E-state index < -0.39 is 5.69 Å². The molecule has 2 rings (SSSR count). The Labute approximate surface area is 108 Å². The molecule has 0 aliphatic rings. The summed E-state index contributed by atoms with van der Waals surface area (Å²) in [4.78, 5) is 26.4. The minimum Gasteiger partial charge on any atom is -0.307 e. The van der Waals surface area contributed by atoms with Gasteiger partial charge in [0, 0.05) is 11.6 Å². The van der Waals surface area contributed by atoms with Crippen molar-refractivity contribution in [2.45, 2.75) is 13.0 Å². The molecule has 1 aromatic heterocycles. The third-order valence-electron chi connectivity index (χ3n) is 2.48. The van der Waals surface area contributed by atoms with E-state index in [1.165, 1.54) is 4.57 Å². The summed E-state index contributed by atoms with van der Waals surface area (Å²) < 4.78 is 1.18. The molecule has 0 aliphatic carbocycles. The molecule has 0 bridgehead atoms. The number of aromatic nitrogens is 2. The first-order valence-electron chi connectivity index (χ1n) is 5.16. The number of halogens is 1. The van der Waals surface area contributed by atoms with E-state index in [0.29, 0.717) is 34.6 Å². The normalized spacial score (nSPS) is 10.9. The lowest BCUT2D eigenvalue weighted by Crippen LogP contribution is -2.35. The van der Waals surface area contributed by atoms with Gasteiger partial charge in [0.05, 0.1) is 10.9 Å². The highest BCUT2D eigenvalue weighted by Crippen LogP contribution is 2.13. The summed E-state index contributed by atoms with van der Waals surface area (Å²) in [6.07, 6.45) is 0.665. The average Bonchev–Trinajstić information content (AvgIpc) is 2.30. The van der Waals surface area contributed by atoms with Gasteiger partial charge in [-0.25, -0.2) is 4.79 Å². The maximum Gasteiger partial charge on any atom is 0.328 e. The molecule has 4 nitrogen and oxygen atoms in total. The molecule has 0 atom stereocenters. The lowest BCUT2D eigenvalue weighted by molar-refractivity contribution is 0.627. The van der Waals surface area contributed by atoms with Gasteiger partial charge in [-0.05, 0) is 30.4 Å². The SMILES string of the molecule is O=c1[nH]c2ccc(Cl)cc2c(=O)n1CCCS. The fraction of sp³-hybridized carbons (Fsp3) is 0.273. The van der Waals surface area contributed by atoms with Gasteiger partial charge in [-0.3, -0.25) is 9.36 Å². The van der Waals surface area contributed by atoms with Crippen molar-refractivity contribution in [3.05, 3.63) is 44.1 Å². The van der Waals surface area contributed by atoms with Crippen LogP contribution in [0.3, 0.4) is 0 Å². The first-order chi connectivity index (χ1) is 8.13. The predicted octanol–water partition coefficient (Wildman–Crippen LogP) is 1.66. The zero-order valence-electron chi connectivity index (χ0n) is 8.94. The Morgan fingerprint density at radius 3 is 2.82 bits per heavy atom. The third-order valence-corrected chi connectivity index (χ3v) is 3.04. The van der Waals surface area contributed by atoms with Gasteiger partial charge in [-0.15, -0.1) is 0 Å². The first kappa shape index (κ1) is 12.3. The van der Waals surface area contributed by atoms with Gasteiger partial charge in [-0.1, -0.05) is 11.6 Å². The van der Waals surface area contributed by atoms with E-state index in [4.69, 9.17) is 11.6 Å². The highest BCUT2D eigenvalue weighted by atomic mass is 35.5. The lowest BCUT2D eigenvalue weighted by atomic mass is 10.2. The minimum atomic E-state index is -0.397.